The Labute approximate surface area is 150 Å². The summed E-state index contributed by atoms with van der Waals surface area (Å²) < 4.78 is 41.0. The number of imidazole rings is 1. The topological polar surface area (TPSA) is 98.8 Å². The molecule has 0 atom stereocenters. The molecular formula is C16H13F3N6O2. The fraction of sp³-hybridized carbons (Fsp3) is 0.312. The Balaban J connectivity index is 1.77. The lowest BCUT2D eigenvalue weighted by molar-refractivity contribution is -0.384. The Kier molecular flexibility index (Phi) is 3.93. The molecular weight excluding hydrogens is 365 g/mol. The molecule has 0 unspecified atom stereocenters. The van der Waals surface area contributed by atoms with Crippen LogP contribution in [-0.2, 0) is 12.7 Å². The number of nitro benzene ring substituents is 1. The molecule has 140 valence electrons. The first kappa shape index (κ1) is 17.2. The van der Waals surface area contributed by atoms with E-state index in [1.54, 1.807) is 6.07 Å². The molecule has 11 heteroatoms. The normalized spacial score (nSPS) is 14.5. The first-order valence-electron chi connectivity index (χ1n) is 8.11. The molecule has 1 fully saturated rings. The van der Waals surface area contributed by atoms with Crippen LogP contribution in [0.3, 0.4) is 0 Å². The predicted octanol–water partition coefficient (Wildman–Crippen LogP) is 3.38. The zero-order valence-electron chi connectivity index (χ0n) is 13.8. The number of nitrogens with zero attached hydrogens (tertiary/aromatic N) is 5. The average Bonchev–Trinajstić information content (AvgIpc) is 3.33. The third-order valence-electron chi connectivity index (χ3n) is 4.11. The molecule has 2 aromatic heterocycles. The van der Waals surface area contributed by atoms with Gasteiger partial charge in [0.2, 0.25) is 5.82 Å². The first-order valence-corrected chi connectivity index (χ1v) is 8.11. The van der Waals surface area contributed by atoms with Crippen LogP contribution in [0, 0.1) is 10.1 Å². The van der Waals surface area contributed by atoms with E-state index in [0.29, 0.717) is 5.56 Å². The lowest BCUT2D eigenvalue weighted by atomic mass is 10.2. The minimum absolute atomic E-state index is 0.0204. The number of aromatic nitrogens is 4. The van der Waals surface area contributed by atoms with Crippen LogP contribution in [-0.4, -0.2) is 30.5 Å². The second-order valence-corrected chi connectivity index (χ2v) is 6.28. The van der Waals surface area contributed by atoms with Gasteiger partial charge in [0.25, 0.3) is 5.69 Å². The van der Waals surface area contributed by atoms with Gasteiger partial charge in [-0.15, -0.1) is 0 Å². The number of non-ortho nitro benzene ring substituents is 1. The highest BCUT2D eigenvalue weighted by molar-refractivity contribution is 5.83. The van der Waals surface area contributed by atoms with Crippen molar-refractivity contribution in [1.82, 2.24) is 19.5 Å². The van der Waals surface area contributed by atoms with Crippen molar-refractivity contribution in [3.8, 4) is 0 Å². The predicted molar refractivity (Wildman–Crippen MR) is 89.2 cm³/mol. The standard InChI is InChI=1S/C16H13F3N6O2/c17-16(18,19)15-22-13(21-10-4-5-10)12-14(23-15)24(8-20-12)7-9-2-1-3-11(6-9)25(26)27/h1-3,6,8,10H,4-5,7H2,(H,21,22,23). The molecule has 1 aromatic carbocycles. The molecule has 3 aromatic rings. The van der Waals surface area contributed by atoms with E-state index in [2.05, 4.69) is 20.3 Å². The maximum atomic E-state index is 13.2. The van der Waals surface area contributed by atoms with E-state index >= 15 is 0 Å². The van der Waals surface area contributed by atoms with Gasteiger partial charge in [-0.3, -0.25) is 10.1 Å². The van der Waals surface area contributed by atoms with Crippen LogP contribution in [0.1, 0.15) is 24.2 Å². The number of hydrogen-bond acceptors (Lipinski definition) is 6. The summed E-state index contributed by atoms with van der Waals surface area (Å²) in [6.45, 7) is 0.0926. The lowest BCUT2D eigenvalue weighted by Crippen LogP contribution is -2.15. The number of halogens is 3. The average molecular weight is 378 g/mol. The Morgan fingerprint density at radius 1 is 1.30 bits per heavy atom. The second-order valence-electron chi connectivity index (χ2n) is 6.28. The zero-order chi connectivity index (χ0) is 19.2. The van der Waals surface area contributed by atoms with Gasteiger partial charge in [0.1, 0.15) is 5.52 Å². The van der Waals surface area contributed by atoms with E-state index in [1.807, 2.05) is 0 Å². The molecule has 27 heavy (non-hydrogen) atoms. The van der Waals surface area contributed by atoms with Crippen molar-refractivity contribution in [3.05, 3.63) is 52.1 Å². The van der Waals surface area contributed by atoms with Gasteiger partial charge in [-0.2, -0.15) is 13.2 Å². The fourth-order valence-electron chi connectivity index (χ4n) is 2.67. The van der Waals surface area contributed by atoms with Crippen LogP contribution in [0.4, 0.5) is 24.7 Å². The van der Waals surface area contributed by atoms with E-state index < -0.39 is 16.9 Å². The maximum absolute atomic E-state index is 13.2. The van der Waals surface area contributed by atoms with Gasteiger partial charge in [0.15, 0.2) is 11.5 Å². The molecule has 0 aliphatic heterocycles. The number of nitrogens with one attached hydrogen (secondary N) is 1. The molecule has 0 amide bonds. The molecule has 0 bridgehead atoms. The summed E-state index contributed by atoms with van der Waals surface area (Å²) in [5.74, 6) is -1.20. The minimum Gasteiger partial charge on any atom is -0.365 e. The third kappa shape index (κ3) is 3.52. The molecule has 1 saturated carbocycles. The van der Waals surface area contributed by atoms with Crippen molar-refractivity contribution in [2.24, 2.45) is 0 Å². The molecule has 1 aliphatic carbocycles. The molecule has 1 aliphatic rings. The van der Waals surface area contributed by atoms with Crippen molar-refractivity contribution >= 4 is 22.7 Å². The van der Waals surface area contributed by atoms with Gasteiger partial charge in [-0.05, 0) is 18.4 Å². The van der Waals surface area contributed by atoms with Gasteiger partial charge in [-0.1, -0.05) is 12.1 Å². The van der Waals surface area contributed by atoms with Gasteiger partial charge < -0.3 is 9.88 Å². The van der Waals surface area contributed by atoms with E-state index in [0.717, 1.165) is 12.8 Å². The van der Waals surface area contributed by atoms with Crippen LogP contribution in [0.2, 0.25) is 0 Å². The smallest absolute Gasteiger partial charge is 0.365 e. The monoisotopic (exact) mass is 378 g/mol. The lowest BCUT2D eigenvalue weighted by Gasteiger charge is -2.10. The highest BCUT2D eigenvalue weighted by atomic mass is 19.4. The Morgan fingerprint density at radius 3 is 2.74 bits per heavy atom. The number of rotatable bonds is 5. The van der Waals surface area contributed by atoms with Crippen molar-refractivity contribution in [3.63, 3.8) is 0 Å². The largest absolute Gasteiger partial charge is 0.451 e. The van der Waals surface area contributed by atoms with Crippen molar-refractivity contribution in [2.75, 3.05) is 5.32 Å². The van der Waals surface area contributed by atoms with E-state index in [1.165, 1.54) is 29.1 Å². The summed E-state index contributed by atoms with van der Waals surface area (Å²) in [5, 5.41) is 13.9. The highest BCUT2D eigenvalue weighted by Crippen LogP contribution is 2.32. The van der Waals surface area contributed by atoms with E-state index in [4.69, 9.17) is 0 Å². The fourth-order valence-corrected chi connectivity index (χ4v) is 2.67. The Hall–Kier alpha value is -3.24. The van der Waals surface area contributed by atoms with Crippen LogP contribution in [0.15, 0.2) is 30.6 Å². The van der Waals surface area contributed by atoms with Gasteiger partial charge in [0, 0.05) is 18.2 Å². The van der Waals surface area contributed by atoms with E-state index in [9.17, 15) is 23.3 Å². The number of hydrogen-bond donors (Lipinski definition) is 1. The molecule has 1 N–H and O–H groups in total. The van der Waals surface area contributed by atoms with Crippen molar-refractivity contribution in [1.29, 1.82) is 0 Å². The number of alkyl halides is 3. The van der Waals surface area contributed by atoms with Crippen LogP contribution < -0.4 is 5.32 Å². The van der Waals surface area contributed by atoms with Gasteiger partial charge >= 0.3 is 6.18 Å². The highest BCUT2D eigenvalue weighted by Gasteiger charge is 2.37. The molecule has 8 nitrogen and oxygen atoms in total. The van der Waals surface area contributed by atoms with Crippen molar-refractivity contribution in [2.45, 2.75) is 31.6 Å². The number of fused-ring (bicyclic) bond motifs is 1. The zero-order valence-corrected chi connectivity index (χ0v) is 13.8. The number of benzene rings is 1. The summed E-state index contributed by atoms with van der Waals surface area (Å²) in [6.07, 6.45) is -1.62. The molecule has 0 saturated heterocycles. The minimum atomic E-state index is -4.70. The quantitative estimate of drug-likeness (QED) is 0.540. The van der Waals surface area contributed by atoms with E-state index in [-0.39, 0.29) is 35.3 Å². The molecule has 0 radical (unpaired) electrons. The summed E-state index contributed by atoms with van der Waals surface area (Å²) in [4.78, 5) is 21.8. The van der Waals surface area contributed by atoms with Crippen LogP contribution >= 0.6 is 0 Å². The molecule has 4 rings (SSSR count). The third-order valence-corrected chi connectivity index (χ3v) is 4.11. The first-order chi connectivity index (χ1) is 12.8. The van der Waals surface area contributed by atoms with Gasteiger partial charge in [-0.25, -0.2) is 15.0 Å². The molecule has 2 heterocycles. The maximum Gasteiger partial charge on any atom is 0.451 e. The second kappa shape index (κ2) is 6.18. The van der Waals surface area contributed by atoms with Crippen LogP contribution in [0.25, 0.3) is 11.2 Å². The van der Waals surface area contributed by atoms with Crippen molar-refractivity contribution < 1.29 is 18.1 Å². The number of nitro groups is 1. The van der Waals surface area contributed by atoms with Gasteiger partial charge in [0.05, 0.1) is 17.8 Å². The van der Waals surface area contributed by atoms with Crippen LogP contribution in [0.5, 0.6) is 0 Å². The SMILES string of the molecule is O=[N+]([O-])c1cccc(Cn2cnc3c(NC4CC4)nc(C(F)(F)F)nc32)c1. The summed E-state index contributed by atoms with van der Waals surface area (Å²) in [5.41, 5.74) is 0.707. The number of anilines is 1. The Bertz CT molecular complexity index is 1030. The Morgan fingerprint density at radius 2 is 2.07 bits per heavy atom. The summed E-state index contributed by atoms with van der Waals surface area (Å²) >= 11 is 0. The molecule has 0 spiro atoms. The summed E-state index contributed by atoms with van der Waals surface area (Å²) in [7, 11) is 0. The summed E-state index contributed by atoms with van der Waals surface area (Å²) in [6, 6.07) is 5.96.